The SMILES string of the molecule is CC(C)(C)c1nc(Nc2ccccc2S(=O)(=O)O)nc(Nc2ccc(Nc3cc(S(=O)(=O)O)c(N)c4c3C(=O)c3ccccc3C4=O)cc2S(=O)(=O)O)n1. The fourth-order valence-corrected chi connectivity index (χ4v) is 7.50. The monoisotopic (exact) mass is 795 g/mol. The van der Waals surface area contributed by atoms with Crippen LogP contribution in [0.5, 0.6) is 0 Å². The summed E-state index contributed by atoms with van der Waals surface area (Å²) in [6, 6.07) is 15.3. The van der Waals surface area contributed by atoms with E-state index in [1.54, 1.807) is 20.8 Å². The molecule has 0 saturated heterocycles. The number of nitrogens with one attached hydrogen (secondary N) is 3. The summed E-state index contributed by atoms with van der Waals surface area (Å²) in [5.74, 6) is -1.84. The van der Waals surface area contributed by atoms with E-state index in [0.29, 0.717) is 0 Å². The van der Waals surface area contributed by atoms with Crippen molar-refractivity contribution < 1.29 is 48.5 Å². The van der Waals surface area contributed by atoms with Crippen LogP contribution in [-0.4, -0.2) is 65.4 Å². The van der Waals surface area contributed by atoms with Crippen LogP contribution in [0.15, 0.2) is 87.5 Å². The maximum absolute atomic E-state index is 13.7. The van der Waals surface area contributed by atoms with Crippen LogP contribution >= 0.6 is 0 Å². The highest BCUT2D eigenvalue weighted by Crippen LogP contribution is 2.41. The Kier molecular flexibility index (Phi) is 9.28. The minimum absolute atomic E-state index is 0.0162. The number of rotatable bonds is 9. The van der Waals surface area contributed by atoms with Crippen molar-refractivity contribution in [3.8, 4) is 0 Å². The van der Waals surface area contributed by atoms with Gasteiger partial charge in [0, 0.05) is 22.2 Å². The standard InChI is InChI=1S/C33H29N7O11S3/c1-33(2,3)30-38-31(36-19-10-6-7-11-22(19)52(43,44)45)40-32(39-30)37-20-13-12-16(14-23(20)53(46,47)48)35-21-15-24(54(49,50)51)27(34)26-25(21)28(41)17-8-4-5-9-18(17)29(26)42/h4-15,35H,34H2,1-3H3,(H,43,44,45)(H,46,47,48)(H,49,50,51)(H2,36,37,38,39,40). The van der Waals surface area contributed by atoms with E-state index in [-0.39, 0.29) is 57.2 Å². The molecule has 0 radical (unpaired) electrons. The third-order valence-electron chi connectivity index (χ3n) is 7.98. The molecule has 0 atom stereocenters. The Labute approximate surface area is 308 Å². The minimum atomic E-state index is -5.06. The van der Waals surface area contributed by atoms with E-state index >= 15 is 0 Å². The number of hydrogen-bond donors (Lipinski definition) is 7. The van der Waals surface area contributed by atoms with E-state index in [2.05, 4.69) is 30.9 Å². The van der Waals surface area contributed by atoms with Crippen molar-refractivity contribution in [1.82, 2.24) is 15.0 Å². The molecule has 0 spiro atoms. The molecule has 1 aliphatic carbocycles. The lowest BCUT2D eigenvalue weighted by Gasteiger charge is -2.24. The molecule has 0 bridgehead atoms. The Morgan fingerprint density at radius 2 is 1.07 bits per heavy atom. The molecule has 6 rings (SSSR count). The van der Waals surface area contributed by atoms with Gasteiger partial charge < -0.3 is 21.7 Å². The first kappa shape index (κ1) is 37.9. The van der Waals surface area contributed by atoms with E-state index in [1.165, 1.54) is 54.6 Å². The number of benzene rings is 4. The van der Waals surface area contributed by atoms with Crippen molar-refractivity contribution in [3.05, 3.63) is 101 Å². The van der Waals surface area contributed by atoms with E-state index in [4.69, 9.17) is 5.73 Å². The highest BCUT2D eigenvalue weighted by Gasteiger charge is 2.36. The van der Waals surface area contributed by atoms with Crippen molar-refractivity contribution >= 4 is 82.3 Å². The number of anilines is 7. The smallest absolute Gasteiger partial charge is 0.296 e. The zero-order chi connectivity index (χ0) is 39.5. The third-order valence-corrected chi connectivity index (χ3v) is 10.7. The first-order valence-corrected chi connectivity index (χ1v) is 19.7. The van der Waals surface area contributed by atoms with Crippen LogP contribution in [0.1, 0.15) is 58.4 Å². The molecule has 1 heterocycles. The predicted molar refractivity (Wildman–Crippen MR) is 195 cm³/mol. The lowest BCUT2D eigenvalue weighted by Crippen LogP contribution is -2.25. The fourth-order valence-electron chi connectivity index (χ4n) is 5.54. The van der Waals surface area contributed by atoms with Gasteiger partial charge in [-0.05, 0) is 36.4 Å². The van der Waals surface area contributed by atoms with Gasteiger partial charge in [0.05, 0.1) is 33.9 Å². The summed E-state index contributed by atoms with van der Waals surface area (Å²) in [6.45, 7) is 5.27. The Morgan fingerprint density at radius 3 is 1.61 bits per heavy atom. The third kappa shape index (κ3) is 7.35. The fraction of sp³-hybridized carbons (Fsp3) is 0.121. The van der Waals surface area contributed by atoms with Crippen LogP contribution in [0.2, 0.25) is 0 Å². The number of para-hydroxylation sites is 1. The Hall–Kier alpha value is -5.84. The van der Waals surface area contributed by atoms with Gasteiger partial charge in [-0.25, -0.2) is 0 Å². The number of nitrogens with zero attached hydrogens (tertiary/aromatic N) is 3. The number of nitrogen functional groups attached to an aromatic ring is 1. The molecular weight excluding hydrogens is 767 g/mol. The van der Waals surface area contributed by atoms with Gasteiger partial charge in [-0.15, -0.1) is 0 Å². The van der Waals surface area contributed by atoms with Gasteiger partial charge in [0.25, 0.3) is 30.4 Å². The van der Waals surface area contributed by atoms with Crippen molar-refractivity contribution in [3.63, 3.8) is 0 Å². The maximum Gasteiger partial charge on any atom is 0.296 e. The van der Waals surface area contributed by atoms with Crippen molar-refractivity contribution in [2.45, 2.75) is 40.9 Å². The number of ketones is 2. The molecule has 18 nitrogen and oxygen atoms in total. The number of carbonyl (C=O) groups is 2. The van der Waals surface area contributed by atoms with Crippen LogP contribution in [-0.2, 0) is 35.8 Å². The van der Waals surface area contributed by atoms with E-state index in [9.17, 15) is 48.5 Å². The molecule has 1 aliphatic rings. The van der Waals surface area contributed by atoms with Crippen LogP contribution in [0.4, 0.5) is 40.3 Å². The molecule has 1 aromatic heterocycles. The first-order valence-electron chi connectivity index (χ1n) is 15.4. The van der Waals surface area contributed by atoms with Crippen LogP contribution in [0.3, 0.4) is 0 Å². The number of fused-ring (bicyclic) bond motifs is 2. The summed E-state index contributed by atoms with van der Waals surface area (Å²) < 4.78 is 104. The van der Waals surface area contributed by atoms with Crippen LogP contribution < -0.4 is 21.7 Å². The molecule has 5 aromatic rings. The number of aromatic nitrogens is 3. The number of carbonyl (C=O) groups excluding carboxylic acids is 2. The summed E-state index contributed by atoms with van der Waals surface area (Å²) in [5, 5.41) is 8.13. The zero-order valence-electron chi connectivity index (χ0n) is 28.2. The highest BCUT2D eigenvalue weighted by molar-refractivity contribution is 7.86. The summed E-state index contributed by atoms with van der Waals surface area (Å²) in [7, 11) is -14.8. The second kappa shape index (κ2) is 13.2. The topological polar surface area (TPSA) is 298 Å². The summed E-state index contributed by atoms with van der Waals surface area (Å²) >= 11 is 0. The molecule has 0 fully saturated rings. The molecule has 8 N–H and O–H groups in total. The van der Waals surface area contributed by atoms with Gasteiger partial charge in [0.15, 0.2) is 11.6 Å². The molecule has 0 saturated carbocycles. The molecule has 280 valence electrons. The van der Waals surface area contributed by atoms with E-state index < -0.39 is 73.3 Å². The predicted octanol–water partition coefficient (Wildman–Crippen LogP) is 4.50. The molecule has 54 heavy (non-hydrogen) atoms. The molecule has 0 unspecified atom stereocenters. The van der Waals surface area contributed by atoms with Crippen molar-refractivity contribution in [1.29, 1.82) is 0 Å². The normalized spacial score (nSPS) is 13.2. The highest BCUT2D eigenvalue weighted by atomic mass is 32.2. The molecule has 0 amide bonds. The van der Waals surface area contributed by atoms with Gasteiger partial charge in [0.1, 0.15) is 20.5 Å². The molecule has 4 aromatic carbocycles. The number of hydrogen-bond acceptors (Lipinski definition) is 15. The molecule has 0 aliphatic heterocycles. The minimum Gasteiger partial charge on any atom is -0.397 e. The largest absolute Gasteiger partial charge is 0.397 e. The lowest BCUT2D eigenvalue weighted by molar-refractivity contribution is 0.0980. The van der Waals surface area contributed by atoms with Gasteiger partial charge in [-0.3, -0.25) is 23.2 Å². The van der Waals surface area contributed by atoms with Crippen LogP contribution in [0, 0.1) is 0 Å². The summed E-state index contributed by atoms with van der Waals surface area (Å²) in [6.07, 6.45) is 0. The lowest BCUT2D eigenvalue weighted by atomic mass is 9.82. The molecular formula is C33H29N7O11S3. The van der Waals surface area contributed by atoms with Crippen LogP contribution in [0.25, 0.3) is 0 Å². The second-order valence-electron chi connectivity index (χ2n) is 12.9. The van der Waals surface area contributed by atoms with E-state index in [1.807, 2.05) is 0 Å². The summed E-state index contributed by atoms with van der Waals surface area (Å²) in [5.41, 5.74) is 2.84. The maximum atomic E-state index is 13.7. The van der Waals surface area contributed by atoms with Gasteiger partial charge in [-0.1, -0.05) is 57.2 Å². The van der Waals surface area contributed by atoms with Crippen molar-refractivity contribution in [2.75, 3.05) is 21.7 Å². The van der Waals surface area contributed by atoms with Gasteiger partial charge in [0.2, 0.25) is 11.9 Å². The average Bonchev–Trinajstić information content (AvgIpc) is 3.06. The van der Waals surface area contributed by atoms with Gasteiger partial charge >= 0.3 is 0 Å². The van der Waals surface area contributed by atoms with E-state index in [0.717, 1.165) is 18.2 Å². The molecule has 21 heteroatoms. The Morgan fingerprint density at radius 1 is 0.574 bits per heavy atom. The Balaban J connectivity index is 1.44. The zero-order valence-corrected chi connectivity index (χ0v) is 30.6. The van der Waals surface area contributed by atoms with Crippen molar-refractivity contribution in [2.24, 2.45) is 0 Å². The average molecular weight is 796 g/mol. The second-order valence-corrected chi connectivity index (χ2v) is 17.0. The first-order chi connectivity index (χ1) is 25.0. The Bertz CT molecular complexity index is 2770. The quantitative estimate of drug-likeness (QED) is 0.0783. The van der Waals surface area contributed by atoms with Gasteiger partial charge in [-0.2, -0.15) is 40.2 Å². The summed E-state index contributed by atoms with van der Waals surface area (Å²) in [4.78, 5) is 38.0. The number of nitrogens with two attached hydrogens (primary N) is 1.